The van der Waals surface area contributed by atoms with Crippen LogP contribution in [0.4, 0.5) is 0 Å². The fourth-order valence-corrected chi connectivity index (χ4v) is 4.72. The molecule has 4 nitrogen and oxygen atoms in total. The van der Waals surface area contributed by atoms with Gasteiger partial charge in [-0.05, 0) is 12.8 Å². The summed E-state index contributed by atoms with van der Waals surface area (Å²) in [6.45, 7) is 5.14. The number of phosphoric acid groups is 1. The van der Waals surface area contributed by atoms with Gasteiger partial charge in [-0.3, -0.25) is 9.05 Å². The van der Waals surface area contributed by atoms with Crippen molar-refractivity contribution in [3.63, 3.8) is 0 Å². The first-order valence-corrected chi connectivity index (χ1v) is 15.2. The number of unbranched alkanes of at least 4 members (excludes halogenated alkanes) is 20. The highest BCUT2D eigenvalue weighted by molar-refractivity contribution is 7.47. The van der Waals surface area contributed by atoms with Crippen molar-refractivity contribution in [2.24, 2.45) is 0 Å². The highest BCUT2D eigenvalue weighted by Crippen LogP contribution is 2.43. The molecule has 0 spiro atoms. The van der Waals surface area contributed by atoms with Crippen molar-refractivity contribution in [2.45, 2.75) is 155 Å². The van der Waals surface area contributed by atoms with E-state index in [4.69, 9.17) is 9.05 Å². The summed E-state index contributed by atoms with van der Waals surface area (Å²) in [5.74, 6) is 0. The van der Waals surface area contributed by atoms with Gasteiger partial charge in [0.05, 0.1) is 13.2 Å². The van der Waals surface area contributed by atoms with Gasteiger partial charge in [0.2, 0.25) is 0 Å². The zero-order valence-electron chi connectivity index (χ0n) is 21.1. The van der Waals surface area contributed by atoms with Gasteiger partial charge in [0.15, 0.2) is 0 Å². The molecular formula is C26H55O4P. The molecule has 0 aliphatic rings. The zero-order valence-corrected chi connectivity index (χ0v) is 22.0. The Bertz CT molecular complexity index is 390. The molecule has 0 bridgehead atoms. The predicted molar refractivity (Wildman–Crippen MR) is 135 cm³/mol. The van der Waals surface area contributed by atoms with Crippen LogP contribution in [0.2, 0.25) is 0 Å². The van der Waals surface area contributed by atoms with Gasteiger partial charge in [-0.25, -0.2) is 4.57 Å². The van der Waals surface area contributed by atoms with Gasteiger partial charge in [-0.15, -0.1) is 0 Å². The minimum Gasteiger partial charge on any atom is -0.302 e. The van der Waals surface area contributed by atoms with E-state index >= 15 is 0 Å². The van der Waals surface area contributed by atoms with E-state index in [0.717, 1.165) is 25.7 Å². The largest absolute Gasteiger partial charge is 0.472 e. The Morgan fingerprint density at radius 3 is 0.935 bits per heavy atom. The highest BCUT2D eigenvalue weighted by Gasteiger charge is 2.19. The lowest BCUT2D eigenvalue weighted by atomic mass is 10.0. The SMILES string of the molecule is CCCCCCCCCCCCCCCCOP(=O)(O)OCCCCCCCCCC. The average molecular weight is 463 g/mol. The molecule has 188 valence electrons. The molecule has 1 atom stereocenters. The Hall–Kier alpha value is 0.110. The Kier molecular flexibility index (Phi) is 24.8. The molecule has 0 aromatic rings. The molecular weight excluding hydrogens is 407 g/mol. The van der Waals surface area contributed by atoms with Crippen LogP contribution in [0.5, 0.6) is 0 Å². The molecule has 0 fully saturated rings. The number of hydrogen-bond donors (Lipinski definition) is 1. The molecule has 0 radical (unpaired) electrons. The first-order valence-electron chi connectivity index (χ1n) is 13.7. The van der Waals surface area contributed by atoms with E-state index < -0.39 is 7.82 Å². The van der Waals surface area contributed by atoms with Crippen molar-refractivity contribution >= 4 is 7.82 Å². The molecule has 0 aromatic carbocycles. The van der Waals surface area contributed by atoms with Crippen LogP contribution in [0, 0.1) is 0 Å². The molecule has 1 unspecified atom stereocenters. The van der Waals surface area contributed by atoms with Crippen molar-refractivity contribution in [1.82, 2.24) is 0 Å². The normalized spacial score (nSPS) is 13.5. The fraction of sp³-hybridized carbons (Fsp3) is 1.00. The monoisotopic (exact) mass is 462 g/mol. The summed E-state index contributed by atoms with van der Waals surface area (Å²) in [4.78, 5) is 9.73. The topological polar surface area (TPSA) is 55.8 Å². The molecule has 0 rings (SSSR count). The molecule has 0 heterocycles. The van der Waals surface area contributed by atoms with E-state index in [1.165, 1.54) is 116 Å². The van der Waals surface area contributed by atoms with Crippen LogP contribution < -0.4 is 0 Å². The van der Waals surface area contributed by atoms with Gasteiger partial charge in [0, 0.05) is 0 Å². The van der Waals surface area contributed by atoms with Gasteiger partial charge in [-0.1, -0.05) is 142 Å². The lowest BCUT2D eigenvalue weighted by molar-refractivity contribution is 0.145. The molecule has 0 aliphatic heterocycles. The molecule has 0 aromatic heterocycles. The maximum Gasteiger partial charge on any atom is 0.472 e. The van der Waals surface area contributed by atoms with E-state index in [0.29, 0.717) is 13.2 Å². The van der Waals surface area contributed by atoms with E-state index in [1.54, 1.807) is 0 Å². The molecule has 1 N–H and O–H groups in total. The molecule has 0 aliphatic carbocycles. The lowest BCUT2D eigenvalue weighted by Crippen LogP contribution is -1.99. The average Bonchev–Trinajstić information content (AvgIpc) is 2.75. The van der Waals surface area contributed by atoms with Crippen LogP contribution in [0.25, 0.3) is 0 Å². The highest BCUT2D eigenvalue weighted by atomic mass is 31.2. The number of phosphoric ester groups is 1. The Morgan fingerprint density at radius 2 is 0.677 bits per heavy atom. The molecule has 0 saturated carbocycles. The second-order valence-corrected chi connectivity index (χ2v) is 10.7. The first-order chi connectivity index (χ1) is 15.1. The second-order valence-electron chi connectivity index (χ2n) is 9.21. The summed E-state index contributed by atoms with van der Waals surface area (Å²) in [6.07, 6.45) is 27.7. The third kappa shape index (κ3) is 26.2. The predicted octanol–water partition coefficient (Wildman–Crippen LogP) is 9.74. The van der Waals surface area contributed by atoms with E-state index in [2.05, 4.69) is 13.8 Å². The van der Waals surface area contributed by atoms with Crippen LogP contribution in [-0.2, 0) is 13.6 Å². The minimum atomic E-state index is -3.85. The third-order valence-electron chi connectivity index (χ3n) is 6.00. The molecule has 31 heavy (non-hydrogen) atoms. The van der Waals surface area contributed by atoms with Gasteiger partial charge >= 0.3 is 7.82 Å². The number of rotatable bonds is 26. The first kappa shape index (κ1) is 31.1. The second kappa shape index (κ2) is 24.7. The Labute approximate surface area is 194 Å². The number of hydrogen-bond acceptors (Lipinski definition) is 3. The van der Waals surface area contributed by atoms with Gasteiger partial charge in [-0.2, -0.15) is 0 Å². The van der Waals surface area contributed by atoms with Crippen LogP contribution in [0.1, 0.15) is 155 Å². The van der Waals surface area contributed by atoms with E-state index in [-0.39, 0.29) is 0 Å². The third-order valence-corrected chi connectivity index (χ3v) is 7.02. The maximum absolute atomic E-state index is 11.9. The molecule has 0 saturated heterocycles. The fourth-order valence-electron chi connectivity index (χ4n) is 3.93. The standard InChI is InChI=1S/C26H55O4P/c1-3-5-7-9-11-13-14-15-16-17-18-20-22-24-26-30-31(27,28)29-25-23-21-19-12-10-8-6-4-2/h3-26H2,1-2H3,(H,27,28). The van der Waals surface area contributed by atoms with Crippen LogP contribution >= 0.6 is 7.82 Å². The smallest absolute Gasteiger partial charge is 0.302 e. The van der Waals surface area contributed by atoms with Crippen molar-refractivity contribution < 1.29 is 18.5 Å². The van der Waals surface area contributed by atoms with Crippen molar-refractivity contribution in [3.05, 3.63) is 0 Å². The van der Waals surface area contributed by atoms with E-state index in [1.807, 2.05) is 0 Å². The summed E-state index contributed by atoms with van der Waals surface area (Å²) in [5.41, 5.74) is 0. The van der Waals surface area contributed by atoms with Gasteiger partial charge < -0.3 is 4.89 Å². The van der Waals surface area contributed by atoms with Crippen LogP contribution in [0.15, 0.2) is 0 Å². The lowest BCUT2D eigenvalue weighted by Gasteiger charge is -2.12. The van der Waals surface area contributed by atoms with Crippen molar-refractivity contribution in [2.75, 3.05) is 13.2 Å². The van der Waals surface area contributed by atoms with Crippen molar-refractivity contribution in [3.8, 4) is 0 Å². The summed E-state index contributed by atoms with van der Waals surface area (Å²) < 4.78 is 22.0. The van der Waals surface area contributed by atoms with Gasteiger partial charge in [0.1, 0.15) is 0 Å². The van der Waals surface area contributed by atoms with Crippen molar-refractivity contribution in [1.29, 1.82) is 0 Å². The molecule has 0 amide bonds. The summed E-state index contributed by atoms with van der Waals surface area (Å²) in [6, 6.07) is 0. The minimum absolute atomic E-state index is 0.321. The summed E-state index contributed by atoms with van der Waals surface area (Å²) >= 11 is 0. The Balaban J connectivity index is 3.28. The van der Waals surface area contributed by atoms with Crippen LogP contribution in [-0.4, -0.2) is 18.1 Å². The summed E-state index contributed by atoms with van der Waals surface area (Å²) in [5, 5.41) is 0. The maximum atomic E-state index is 11.9. The molecule has 5 heteroatoms. The van der Waals surface area contributed by atoms with Crippen LogP contribution in [0.3, 0.4) is 0 Å². The quantitative estimate of drug-likeness (QED) is 0.103. The Morgan fingerprint density at radius 1 is 0.452 bits per heavy atom. The zero-order chi connectivity index (χ0) is 22.9. The van der Waals surface area contributed by atoms with E-state index in [9.17, 15) is 9.46 Å². The van der Waals surface area contributed by atoms with Gasteiger partial charge in [0.25, 0.3) is 0 Å². The summed E-state index contributed by atoms with van der Waals surface area (Å²) in [7, 11) is -3.85.